The molecule has 0 saturated carbocycles. The maximum absolute atomic E-state index is 11.9. The highest BCUT2D eigenvalue weighted by Gasteiger charge is 2.46. The minimum atomic E-state index is -0.704. The van der Waals surface area contributed by atoms with Crippen LogP contribution in [0.25, 0.3) is 0 Å². The molecule has 0 radical (unpaired) electrons. The van der Waals surface area contributed by atoms with Gasteiger partial charge >= 0.3 is 0 Å². The molecule has 1 aromatic rings. The van der Waals surface area contributed by atoms with Gasteiger partial charge in [-0.3, -0.25) is 14.9 Å². The molecule has 4 nitrogen and oxygen atoms in total. The molecule has 2 rings (SSSR count). The molecular formula is C12H14N2O2. The number of anilines is 1. The van der Waals surface area contributed by atoms with E-state index in [1.54, 1.807) is 12.1 Å². The number of hydrogen-bond donors (Lipinski definition) is 2. The van der Waals surface area contributed by atoms with Crippen LogP contribution in [0.1, 0.15) is 25.3 Å². The lowest BCUT2D eigenvalue weighted by molar-refractivity contribution is -0.126. The van der Waals surface area contributed by atoms with E-state index < -0.39 is 5.41 Å². The van der Waals surface area contributed by atoms with Crippen LogP contribution in [0, 0.1) is 0 Å². The number of imide groups is 1. The zero-order chi connectivity index (χ0) is 11.8. The summed E-state index contributed by atoms with van der Waals surface area (Å²) < 4.78 is 0. The molecule has 2 amide bonds. The van der Waals surface area contributed by atoms with E-state index in [-0.39, 0.29) is 18.2 Å². The fourth-order valence-electron chi connectivity index (χ4n) is 2.17. The summed E-state index contributed by atoms with van der Waals surface area (Å²) in [5.74, 6) is -0.409. The van der Waals surface area contributed by atoms with Crippen LogP contribution in [-0.2, 0) is 15.0 Å². The second kappa shape index (κ2) is 3.63. The van der Waals surface area contributed by atoms with Gasteiger partial charge in [0, 0.05) is 12.1 Å². The van der Waals surface area contributed by atoms with E-state index >= 15 is 0 Å². The average Bonchev–Trinajstić information content (AvgIpc) is 2.55. The number of carbonyl (C=O) groups excluding carboxylic acids is 2. The lowest BCUT2D eigenvalue weighted by Crippen LogP contribution is -2.34. The van der Waals surface area contributed by atoms with Gasteiger partial charge < -0.3 is 5.73 Å². The SMILES string of the molecule is CC[C@@]1(c2ccc(N)cc2)CC(=O)NC1=O. The Hall–Kier alpha value is -1.84. The van der Waals surface area contributed by atoms with E-state index in [2.05, 4.69) is 5.32 Å². The number of carbonyl (C=O) groups is 2. The molecule has 0 unspecified atom stereocenters. The Balaban J connectivity index is 2.46. The van der Waals surface area contributed by atoms with Crippen LogP contribution in [0.4, 0.5) is 5.69 Å². The van der Waals surface area contributed by atoms with Crippen LogP contribution >= 0.6 is 0 Å². The number of nitrogens with one attached hydrogen (secondary N) is 1. The van der Waals surface area contributed by atoms with Gasteiger partial charge in [0.15, 0.2) is 0 Å². The molecule has 0 spiro atoms. The first-order valence-corrected chi connectivity index (χ1v) is 5.29. The molecule has 3 N–H and O–H groups in total. The van der Waals surface area contributed by atoms with Gasteiger partial charge in [-0.15, -0.1) is 0 Å². The molecule has 16 heavy (non-hydrogen) atoms. The van der Waals surface area contributed by atoms with E-state index in [0.717, 1.165) is 5.56 Å². The quantitative estimate of drug-likeness (QED) is 0.573. The predicted molar refractivity (Wildman–Crippen MR) is 60.6 cm³/mol. The van der Waals surface area contributed by atoms with Crippen molar-refractivity contribution < 1.29 is 9.59 Å². The summed E-state index contributed by atoms with van der Waals surface area (Å²) in [5, 5.41) is 2.36. The Morgan fingerprint density at radius 2 is 1.94 bits per heavy atom. The molecular weight excluding hydrogens is 204 g/mol. The maximum Gasteiger partial charge on any atom is 0.237 e. The summed E-state index contributed by atoms with van der Waals surface area (Å²) in [5.41, 5.74) is 6.41. The number of nitrogen functional groups attached to an aromatic ring is 1. The van der Waals surface area contributed by atoms with Gasteiger partial charge in [-0.05, 0) is 24.1 Å². The minimum absolute atomic E-state index is 0.204. The normalized spacial score (nSPS) is 24.6. The molecule has 1 fully saturated rings. The summed E-state index contributed by atoms with van der Waals surface area (Å²) in [4.78, 5) is 23.2. The van der Waals surface area contributed by atoms with E-state index in [0.29, 0.717) is 12.1 Å². The van der Waals surface area contributed by atoms with E-state index in [1.165, 1.54) is 0 Å². The molecule has 0 aromatic heterocycles. The largest absolute Gasteiger partial charge is 0.399 e. The smallest absolute Gasteiger partial charge is 0.237 e. The van der Waals surface area contributed by atoms with Crippen molar-refractivity contribution >= 4 is 17.5 Å². The lowest BCUT2D eigenvalue weighted by Gasteiger charge is -2.23. The van der Waals surface area contributed by atoms with Crippen molar-refractivity contribution in [2.75, 3.05) is 5.73 Å². The molecule has 1 aliphatic rings. The highest BCUT2D eigenvalue weighted by atomic mass is 16.2. The second-order valence-electron chi connectivity index (χ2n) is 4.11. The first-order chi connectivity index (χ1) is 7.58. The second-order valence-corrected chi connectivity index (χ2v) is 4.11. The monoisotopic (exact) mass is 218 g/mol. The molecule has 0 aliphatic carbocycles. The molecule has 4 heteroatoms. The number of amides is 2. The van der Waals surface area contributed by atoms with Gasteiger partial charge in [0.25, 0.3) is 0 Å². The van der Waals surface area contributed by atoms with Crippen molar-refractivity contribution in [3.05, 3.63) is 29.8 Å². The molecule has 1 atom stereocenters. The van der Waals surface area contributed by atoms with Gasteiger partial charge in [0.05, 0.1) is 5.41 Å². The van der Waals surface area contributed by atoms with Crippen molar-refractivity contribution in [2.45, 2.75) is 25.2 Å². The molecule has 1 aromatic carbocycles. The van der Waals surface area contributed by atoms with Gasteiger partial charge in [-0.2, -0.15) is 0 Å². The summed E-state index contributed by atoms with van der Waals surface area (Å²) in [6, 6.07) is 7.14. The molecule has 1 heterocycles. The van der Waals surface area contributed by atoms with Crippen LogP contribution in [0.5, 0.6) is 0 Å². The van der Waals surface area contributed by atoms with Crippen molar-refractivity contribution in [1.29, 1.82) is 0 Å². The zero-order valence-corrected chi connectivity index (χ0v) is 9.12. The first kappa shape index (κ1) is 10.7. The topological polar surface area (TPSA) is 72.2 Å². The van der Waals surface area contributed by atoms with Crippen LogP contribution in [0.2, 0.25) is 0 Å². The Morgan fingerprint density at radius 1 is 1.31 bits per heavy atom. The summed E-state index contributed by atoms with van der Waals surface area (Å²) >= 11 is 0. The third-order valence-electron chi connectivity index (χ3n) is 3.22. The number of hydrogen-bond acceptors (Lipinski definition) is 3. The number of nitrogens with two attached hydrogens (primary N) is 1. The fraction of sp³-hybridized carbons (Fsp3) is 0.333. The molecule has 1 aliphatic heterocycles. The maximum atomic E-state index is 11.9. The number of rotatable bonds is 2. The van der Waals surface area contributed by atoms with Gasteiger partial charge in [-0.1, -0.05) is 19.1 Å². The number of benzene rings is 1. The molecule has 0 bridgehead atoms. The van der Waals surface area contributed by atoms with E-state index in [1.807, 2.05) is 19.1 Å². The minimum Gasteiger partial charge on any atom is -0.399 e. The van der Waals surface area contributed by atoms with E-state index in [4.69, 9.17) is 5.73 Å². The van der Waals surface area contributed by atoms with Gasteiger partial charge in [0.2, 0.25) is 11.8 Å². The van der Waals surface area contributed by atoms with E-state index in [9.17, 15) is 9.59 Å². The highest BCUT2D eigenvalue weighted by molar-refractivity contribution is 6.09. The first-order valence-electron chi connectivity index (χ1n) is 5.29. The zero-order valence-electron chi connectivity index (χ0n) is 9.12. The Labute approximate surface area is 93.8 Å². The van der Waals surface area contributed by atoms with Gasteiger partial charge in [0.1, 0.15) is 0 Å². The van der Waals surface area contributed by atoms with Crippen molar-refractivity contribution in [3.8, 4) is 0 Å². The summed E-state index contributed by atoms with van der Waals surface area (Å²) in [6.07, 6.45) is 0.834. The van der Waals surface area contributed by atoms with Gasteiger partial charge in [-0.25, -0.2) is 0 Å². The predicted octanol–water partition coefficient (Wildman–Crippen LogP) is 0.963. The van der Waals surface area contributed by atoms with Crippen LogP contribution in [0.3, 0.4) is 0 Å². The van der Waals surface area contributed by atoms with Crippen molar-refractivity contribution in [3.63, 3.8) is 0 Å². The fourth-order valence-corrected chi connectivity index (χ4v) is 2.17. The Morgan fingerprint density at radius 3 is 2.38 bits per heavy atom. The Bertz CT molecular complexity index is 439. The molecule has 1 saturated heterocycles. The third kappa shape index (κ3) is 1.46. The lowest BCUT2D eigenvalue weighted by atomic mass is 9.76. The third-order valence-corrected chi connectivity index (χ3v) is 3.22. The average molecular weight is 218 g/mol. The Kier molecular flexibility index (Phi) is 2.42. The van der Waals surface area contributed by atoms with Crippen LogP contribution in [0.15, 0.2) is 24.3 Å². The van der Waals surface area contributed by atoms with Crippen molar-refractivity contribution in [2.24, 2.45) is 0 Å². The standard InChI is InChI=1S/C12H14N2O2/c1-2-12(7-10(15)14-11(12)16)8-3-5-9(13)6-4-8/h3-6H,2,7,13H2,1H3,(H,14,15,16)/t12-/m0/s1. The molecule has 84 valence electrons. The summed E-state index contributed by atoms with van der Waals surface area (Å²) in [6.45, 7) is 1.91. The summed E-state index contributed by atoms with van der Waals surface area (Å²) in [7, 11) is 0. The van der Waals surface area contributed by atoms with Crippen LogP contribution in [-0.4, -0.2) is 11.8 Å². The van der Waals surface area contributed by atoms with Crippen molar-refractivity contribution in [1.82, 2.24) is 5.32 Å². The van der Waals surface area contributed by atoms with Crippen LogP contribution < -0.4 is 11.1 Å². The highest BCUT2D eigenvalue weighted by Crippen LogP contribution is 2.35.